The first-order valence-corrected chi connectivity index (χ1v) is 5.42. The highest BCUT2D eigenvalue weighted by Crippen LogP contribution is 2.24. The van der Waals surface area contributed by atoms with Crippen molar-refractivity contribution in [2.75, 3.05) is 0 Å². The highest BCUT2D eigenvalue weighted by molar-refractivity contribution is 5.79. The Morgan fingerprint density at radius 1 is 1.00 bits per heavy atom. The van der Waals surface area contributed by atoms with Gasteiger partial charge in [0.2, 0.25) is 0 Å². The minimum atomic E-state index is 0.535. The number of oxazole rings is 1. The van der Waals surface area contributed by atoms with E-state index < -0.39 is 0 Å². The summed E-state index contributed by atoms with van der Waals surface area (Å²) in [7, 11) is 0. The Balaban J connectivity index is 1.84. The van der Waals surface area contributed by atoms with E-state index in [4.69, 9.17) is 9.15 Å². The van der Waals surface area contributed by atoms with Crippen LogP contribution in [0.4, 0.5) is 0 Å². The van der Waals surface area contributed by atoms with Gasteiger partial charge in [-0.2, -0.15) is 0 Å². The zero-order valence-corrected chi connectivity index (χ0v) is 9.17. The van der Waals surface area contributed by atoms with Crippen LogP contribution in [-0.2, 0) is 6.61 Å². The fourth-order valence-corrected chi connectivity index (χ4v) is 1.71. The number of hydrogen-bond acceptors (Lipinski definition) is 3. The van der Waals surface area contributed by atoms with Crippen molar-refractivity contribution in [2.24, 2.45) is 0 Å². The number of aromatic nitrogens is 1. The van der Waals surface area contributed by atoms with Crippen LogP contribution in [0, 0.1) is 0 Å². The molecule has 0 bridgehead atoms. The number of benzene rings is 2. The van der Waals surface area contributed by atoms with Crippen LogP contribution < -0.4 is 4.74 Å². The van der Waals surface area contributed by atoms with Crippen molar-refractivity contribution in [1.29, 1.82) is 0 Å². The average molecular weight is 225 g/mol. The minimum Gasteiger partial charge on any atom is -0.486 e. The molecule has 0 amide bonds. The number of ether oxygens (including phenoxy) is 1. The molecule has 0 saturated carbocycles. The van der Waals surface area contributed by atoms with Crippen LogP contribution in [0.1, 0.15) is 5.56 Å². The van der Waals surface area contributed by atoms with E-state index in [1.807, 2.05) is 48.5 Å². The first-order chi connectivity index (χ1) is 8.43. The van der Waals surface area contributed by atoms with Gasteiger partial charge in [0.15, 0.2) is 17.5 Å². The molecule has 0 aliphatic carbocycles. The molecule has 0 saturated heterocycles. The van der Waals surface area contributed by atoms with Gasteiger partial charge in [-0.25, -0.2) is 4.98 Å². The van der Waals surface area contributed by atoms with Gasteiger partial charge in [-0.1, -0.05) is 36.4 Å². The van der Waals surface area contributed by atoms with E-state index in [1.165, 1.54) is 6.39 Å². The maximum atomic E-state index is 5.74. The Kier molecular flexibility index (Phi) is 2.50. The molecular formula is C14H11NO2. The van der Waals surface area contributed by atoms with Gasteiger partial charge >= 0.3 is 0 Å². The molecule has 0 aliphatic heterocycles. The molecule has 0 radical (unpaired) electrons. The molecule has 0 N–H and O–H groups in total. The summed E-state index contributed by atoms with van der Waals surface area (Å²) in [6.45, 7) is 0.535. The molecule has 3 rings (SSSR count). The first-order valence-electron chi connectivity index (χ1n) is 5.42. The maximum absolute atomic E-state index is 5.74. The molecule has 84 valence electrons. The van der Waals surface area contributed by atoms with Crippen LogP contribution in [0.5, 0.6) is 5.75 Å². The zero-order chi connectivity index (χ0) is 11.5. The number of nitrogens with zero attached hydrogens (tertiary/aromatic N) is 1. The van der Waals surface area contributed by atoms with Crippen molar-refractivity contribution in [3.8, 4) is 5.75 Å². The lowest BCUT2D eigenvalue weighted by molar-refractivity contribution is 0.309. The molecule has 2 aromatic carbocycles. The van der Waals surface area contributed by atoms with Gasteiger partial charge in [-0.05, 0) is 17.7 Å². The van der Waals surface area contributed by atoms with Crippen molar-refractivity contribution in [3.63, 3.8) is 0 Å². The summed E-state index contributed by atoms with van der Waals surface area (Å²) in [6, 6.07) is 15.7. The summed E-state index contributed by atoms with van der Waals surface area (Å²) in [5.41, 5.74) is 2.65. The topological polar surface area (TPSA) is 35.3 Å². The van der Waals surface area contributed by atoms with Crippen molar-refractivity contribution < 1.29 is 9.15 Å². The van der Waals surface area contributed by atoms with Gasteiger partial charge in [-0.15, -0.1) is 0 Å². The molecule has 3 nitrogen and oxygen atoms in total. The standard InChI is InChI=1S/C14H11NO2/c1-2-5-11(6-3-1)9-16-12-7-4-8-13-14(12)15-10-17-13/h1-8,10H,9H2. The first kappa shape index (κ1) is 9.90. The van der Waals surface area contributed by atoms with Crippen molar-refractivity contribution in [3.05, 3.63) is 60.5 Å². The monoisotopic (exact) mass is 225 g/mol. The highest BCUT2D eigenvalue weighted by atomic mass is 16.5. The molecule has 0 atom stereocenters. The number of fused-ring (bicyclic) bond motifs is 1. The molecule has 3 aromatic rings. The fraction of sp³-hybridized carbons (Fsp3) is 0.0714. The Morgan fingerprint density at radius 3 is 2.76 bits per heavy atom. The summed E-state index contributed by atoms with van der Waals surface area (Å²) >= 11 is 0. The van der Waals surface area contributed by atoms with Gasteiger partial charge in [0.25, 0.3) is 0 Å². The van der Waals surface area contributed by atoms with Crippen molar-refractivity contribution in [2.45, 2.75) is 6.61 Å². The molecule has 3 heteroatoms. The van der Waals surface area contributed by atoms with Gasteiger partial charge in [0.05, 0.1) is 0 Å². The van der Waals surface area contributed by atoms with E-state index in [2.05, 4.69) is 4.98 Å². The van der Waals surface area contributed by atoms with Gasteiger partial charge in [0.1, 0.15) is 12.4 Å². The SMILES string of the molecule is c1ccc(COc2cccc3ocnc23)cc1. The highest BCUT2D eigenvalue weighted by Gasteiger charge is 2.05. The van der Waals surface area contributed by atoms with Gasteiger partial charge in [0, 0.05) is 0 Å². The zero-order valence-electron chi connectivity index (χ0n) is 9.17. The van der Waals surface area contributed by atoms with Crippen LogP contribution >= 0.6 is 0 Å². The summed E-state index contributed by atoms with van der Waals surface area (Å²) in [4.78, 5) is 4.14. The molecule has 17 heavy (non-hydrogen) atoms. The molecule has 1 heterocycles. The molecule has 0 spiro atoms. The second-order valence-corrected chi connectivity index (χ2v) is 3.73. The number of rotatable bonds is 3. The number of para-hydroxylation sites is 1. The van der Waals surface area contributed by atoms with Crippen molar-refractivity contribution in [1.82, 2.24) is 4.98 Å². The lowest BCUT2D eigenvalue weighted by atomic mass is 10.2. The Hall–Kier alpha value is -2.29. The van der Waals surface area contributed by atoms with E-state index >= 15 is 0 Å². The van der Waals surface area contributed by atoms with Crippen LogP contribution in [-0.4, -0.2) is 4.98 Å². The second-order valence-electron chi connectivity index (χ2n) is 3.73. The van der Waals surface area contributed by atoms with E-state index in [9.17, 15) is 0 Å². The molecule has 0 aliphatic rings. The van der Waals surface area contributed by atoms with Crippen LogP contribution in [0.2, 0.25) is 0 Å². The largest absolute Gasteiger partial charge is 0.486 e. The quantitative estimate of drug-likeness (QED) is 0.685. The normalized spacial score (nSPS) is 10.6. The Morgan fingerprint density at radius 2 is 1.88 bits per heavy atom. The lowest BCUT2D eigenvalue weighted by Crippen LogP contribution is -1.95. The van der Waals surface area contributed by atoms with E-state index in [1.54, 1.807) is 0 Å². The fourth-order valence-electron chi connectivity index (χ4n) is 1.71. The minimum absolute atomic E-state index is 0.535. The van der Waals surface area contributed by atoms with E-state index in [0.29, 0.717) is 6.61 Å². The molecule has 0 unspecified atom stereocenters. The smallest absolute Gasteiger partial charge is 0.182 e. The van der Waals surface area contributed by atoms with Crippen LogP contribution in [0.25, 0.3) is 11.1 Å². The van der Waals surface area contributed by atoms with E-state index in [0.717, 1.165) is 22.4 Å². The van der Waals surface area contributed by atoms with Gasteiger partial charge in [-0.3, -0.25) is 0 Å². The molecule has 1 aromatic heterocycles. The number of hydrogen-bond donors (Lipinski definition) is 0. The Labute approximate surface area is 98.7 Å². The third-order valence-corrected chi connectivity index (χ3v) is 2.56. The summed E-state index contributed by atoms with van der Waals surface area (Å²) < 4.78 is 11.0. The van der Waals surface area contributed by atoms with Crippen LogP contribution in [0.3, 0.4) is 0 Å². The molecule has 0 fully saturated rings. The predicted molar refractivity (Wildman–Crippen MR) is 64.8 cm³/mol. The second kappa shape index (κ2) is 4.29. The maximum Gasteiger partial charge on any atom is 0.182 e. The predicted octanol–water partition coefficient (Wildman–Crippen LogP) is 3.41. The third kappa shape index (κ3) is 1.99. The summed E-state index contributed by atoms with van der Waals surface area (Å²) in [5.74, 6) is 0.750. The third-order valence-electron chi connectivity index (χ3n) is 2.56. The Bertz CT molecular complexity index is 616. The van der Waals surface area contributed by atoms with Gasteiger partial charge < -0.3 is 9.15 Å². The summed E-state index contributed by atoms with van der Waals surface area (Å²) in [5, 5.41) is 0. The lowest BCUT2D eigenvalue weighted by Gasteiger charge is -2.05. The van der Waals surface area contributed by atoms with Crippen molar-refractivity contribution >= 4 is 11.1 Å². The average Bonchev–Trinajstić information content (AvgIpc) is 2.86. The van der Waals surface area contributed by atoms with Crippen LogP contribution in [0.15, 0.2) is 59.3 Å². The van der Waals surface area contributed by atoms with E-state index in [-0.39, 0.29) is 0 Å². The summed E-state index contributed by atoms with van der Waals surface area (Å²) in [6.07, 6.45) is 1.43. The molecular weight excluding hydrogens is 214 g/mol.